The highest BCUT2D eigenvalue weighted by atomic mass is 35.5. The minimum Gasteiger partial charge on any atom is -0.492 e. The van der Waals surface area contributed by atoms with Crippen molar-refractivity contribution in [2.45, 2.75) is 13.3 Å². The second-order valence-corrected chi connectivity index (χ2v) is 6.89. The molecule has 6 heteroatoms. The molecule has 1 fully saturated rings. The zero-order valence-corrected chi connectivity index (χ0v) is 16.4. The number of anilines is 2. The van der Waals surface area contributed by atoms with Crippen LogP contribution in [0, 0.1) is 0 Å². The second kappa shape index (κ2) is 9.51. The number of rotatable bonds is 7. The number of halogens is 1. The van der Waals surface area contributed by atoms with E-state index in [0.29, 0.717) is 19.6 Å². The summed E-state index contributed by atoms with van der Waals surface area (Å²) in [7, 11) is 0. The molecule has 3 rings (SSSR count). The first-order valence-corrected chi connectivity index (χ1v) is 9.79. The van der Waals surface area contributed by atoms with Crippen molar-refractivity contribution >= 4 is 28.9 Å². The summed E-state index contributed by atoms with van der Waals surface area (Å²) in [4.78, 5) is 16.7. The number of amides is 1. The number of ether oxygens (including phenoxy) is 1. The Balaban J connectivity index is 1.45. The number of piperazine rings is 1. The molecular formula is C21H26ClN3O2. The summed E-state index contributed by atoms with van der Waals surface area (Å²) in [6, 6.07) is 15.7. The van der Waals surface area contributed by atoms with Gasteiger partial charge in [0, 0.05) is 49.9 Å². The number of nitrogens with zero attached hydrogens (tertiary/aromatic N) is 2. The number of carbonyl (C=O) groups excluding carboxylic acids is 1. The fraction of sp³-hybridized carbons (Fsp3) is 0.381. The Bertz CT molecular complexity index is 761. The monoisotopic (exact) mass is 387 g/mol. The van der Waals surface area contributed by atoms with Gasteiger partial charge in [-0.1, -0.05) is 29.8 Å². The van der Waals surface area contributed by atoms with Gasteiger partial charge < -0.3 is 19.9 Å². The molecule has 1 aliphatic rings. The molecule has 0 radical (unpaired) electrons. The average molecular weight is 388 g/mol. The maximum atomic E-state index is 12.5. The van der Waals surface area contributed by atoms with Crippen molar-refractivity contribution in [2.24, 2.45) is 0 Å². The number of hydrogen-bond donors (Lipinski definition) is 1. The van der Waals surface area contributed by atoms with Crippen LogP contribution in [0.2, 0.25) is 5.02 Å². The topological polar surface area (TPSA) is 44.8 Å². The quantitative estimate of drug-likeness (QED) is 0.782. The minimum atomic E-state index is 0.183. The first kappa shape index (κ1) is 19.4. The van der Waals surface area contributed by atoms with Gasteiger partial charge in [-0.05, 0) is 37.3 Å². The Labute approximate surface area is 165 Å². The van der Waals surface area contributed by atoms with Crippen LogP contribution >= 0.6 is 11.6 Å². The summed E-state index contributed by atoms with van der Waals surface area (Å²) in [5.41, 5.74) is 2.04. The van der Waals surface area contributed by atoms with Gasteiger partial charge in [-0.3, -0.25) is 4.79 Å². The van der Waals surface area contributed by atoms with Crippen molar-refractivity contribution in [3.05, 3.63) is 53.6 Å². The van der Waals surface area contributed by atoms with Gasteiger partial charge in [-0.25, -0.2) is 0 Å². The third kappa shape index (κ3) is 5.30. The predicted octanol–water partition coefficient (Wildman–Crippen LogP) is 3.89. The molecule has 0 atom stereocenters. The molecule has 0 spiro atoms. The van der Waals surface area contributed by atoms with Crippen LogP contribution in [0.3, 0.4) is 0 Å². The molecule has 2 aromatic rings. The van der Waals surface area contributed by atoms with E-state index in [-0.39, 0.29) is 5.91 Å². The molecule has 1 heterocycles. The Kier molecular flexibility index (Phi) is 6.82. The molecule has 5 nitrogen and oxygen atoms in total. The van der Waals surface area contributed by atoms with E-state index in [4.69, 9.17) is 16.3 Å². The number of nitrogens with one attached hydrogen (secondary N) is 1. The second-order valence-electron chi connectivity index (χ2n) is 6.45. The van der Waals surface area contributed by atoms with Crippen molar-refractivity contribution in [1.82, 2.24) is 4.90 Å². The van der Waals surface area contributed by atoms with Crippen LogP contribution in [0.15, 0.2) is 48.5 Å². The van der Waals surface area contributed by atoms with Crippen molar-refractivity contribution in [3.8, 4) is 5.75 Å². The highest BCUT2D eigenvalue weighted by molar-refractivity contribution is 6.30. The van der Waals surface area contributed by atoms with E-state index in [0.717, 1.165) is 48.3 Å². The maximum Gasteiger partial charge on any atom is 0.224 e. The van der Waals surface area contributed by atoms with Crippen molar-refractivity contribution in [2.75, 3.05) is 49.5 Å². The third-order valence-corrected chi connectivity index (χ3v) is 4.88. The van der Waals surface area contributed by atoms with Crippen LogP contribution in [0.5, 0.6) is 5.75 Å². The molecule has 1 aliphatic heterocycles. The zero-order valence-electron chi connectivity index (χ0n) is 15.7. The maximum absolute atomic E-state index is 12.5. The number of benzene rings is 2. The van der Waals surface area contributed by atoms with Crippen LogP contribution in [0.4, 0.5) is 11.4 Å². The molecule has 0 saturated carbocycles. The molecule has 1 N–H and O–H groups in total. The summed E-state index contributed by atoms with van der Waals surface area (Å²) in [6.45, 7) is 6.30. The lowest BCUT2D eigenvalue weighted by Gasteiger charge is -2.36. The van der Waals surface area contributed by atoms with E-state index in [2.05, 4.69) is 16.3 Å². The Morgan fingerprint density at radius 2 is 1.89 bits per heavy atom. The first-order chi connectivity index (χ1) is 13.2. The minimum absolute atomic E-state index is 0.183. The van der Waals surface area contributed by atoms with E-state index in [1.54, 1.807) is 0 Å². The van der Waals surface area contributed by atoms with E-state index in [9.17, 15) is 4.79 Å². The molecule has 0 unspecified atom stereocenters. The van der Waals surface area contributed by atoms with Gasteiger partial charge in [0.05, 0.1) is 12.3 Å². The number of para-hydroxylation sites is 2. The Hall–Kier alpha value is -2.40. The summed E-state index contributed by atoms with van der Waals surface area (Å²) < 4.78 is 5.60. The SMILES string of the molecule is CCOc1ccccc1NCCC(=O)N1CCN(c2cccc(Cl)c2)CC1. The number of carbonyl (C=O) groups is 1. The highest BCUT2D eigenvalue weighted by Gasteiger charge is 2.21. The van der Waals surface area contributed by atoms with E-state index in [1.165, 1.54) is 0 Å². The normalized spacial score (nSPS) is 14.1. The summed E-state index contributed by atoms with van der Waals surface area (Å²) in [5, 5.41) is 4.05. The lowest BCUT2D eigenvalue weighted by molar-refractivity contribution is -0.131. The summed E-state index contributed by atoms with van der Waals surface area (Å²) in [6.07, 6.45) is 0.470. The fourth-order valence-corrected chi connectivity index (χ4v) is 3.43. The molecule has 2 aromatic carbocycles. The van der Waals surface area contributed by atoms with Crippen LogP contribution in [0.1, 0.15) is 13.3 Å². The Morgan fingerprint density at radius 3 is 2.63 bits per heavy atom. The summed E-state index contributed by atoms with van der Waals surface area (Å²) >= 11 is 6.07. The van der Waals surface area contributed by atoms with Gasteiger partial charge in [0.25, 0.3) is 0 Å². The van der Waals surface area contributed by atoms with Crippen LogP contribution in [0.25, 0.3) is 0 Å². The van der Waals surface area contributed by atoms with Gasteiger partial charge in [0.1, 0.15) is 5.75 Å². The Morgan fingerprint density at radius 1 is 1.11 bits per heavy atom. The van der Waals surface area contributed by atoms with Gasteiger partial charge in [0.15, 0.2) is 0 Å². The standard InChI is InChI=1S/C21H26ClN3O2/c1-2-27-20-9-4-3-8-19(20)23-11-10-21(26)25-14-12-24(13-15-25)18-7-5-6-17(22)16-18/h3-9,16,23H,2,10-15H2,1H3. The molecule has 0 aliphatic carbocycles. The van der Waals surface area contributed by atoms with E-state index >= 15 is 0 Å². The van der Waals surface area contributed by atoms with Gasteiger partial charge in [-0.15, -0.1) is 0 Å². The van der Waals surface area contributed by atoms with Crippen molar-refractivity contribution < 1.29 is 9.53 Å². The molecule has 1 saturated heterocycles. The fourth-order valence-electron chi connectivity index (χ4n) is 3.24. The zero-order chi connectivity index (χ0) is 19.1. The van der Waals surface area contributed by atoms with Crippen molar-refractivity contribution in [3.63, 3.8) is 0 Å². The lowest BCUT2D eigenvalue weighted by atomic mass is 10.2. The van der Waals surface area contributed by atoms with Crippen LogP contribution in [-0.4, -0.2) is 50.1 Å². The molecule has 0 bridgehead atoms. The van der Waals surface area contributed by atoms with Crippen molar-refractivity contribution in [1.29, 1.82) is 0 Å². The smallest absolute Gasteiger partial charge is 0.224 e. The van der Waals surface area contributed by atoms with Crippen LogP contribution in [-0.2, 0) is 4.79 Å². The molecular weight excluding hydrogens is 362 g/mol. The van der Waals surface area contributed by atoms with Gasteiger partial charge in [-0.2, -0.15) is 0 Å². The van der Waals surface area contributed by atoms with Gasteiger partial charge in [0.2, 0.25) is 5.91 Å². The van der Waals surface area contributed by atoms with E-state index in [1.807, 2.05) is 54.3 Å². The highest BCUT2D eigenvalue weighted by Crippen LogP contribution is 2.24. The molecule has 0 aromatic heterocycles. The molecule has 144 valence electrons. The number of hydrogen-bond acceptors (Lipinski definition) is 4. The molecule has 1 amide bonds. The third-order valence-electron chi connectivity index (χ3n) is 4.65. The molecule has 27 heavy (non-hydrogen) atoms. The lowest BCUT2D eigenvalue weighted by Crippen LogP contribution is -2.49. The summed E-state index contributed by atoms with van der Waals surface area (Å²) in [5.74, 6) is 1.00. The van der Waals surface area contributed by atoms with Gasteiger partial charge >= 0.3 is 0 Å². The predicted molar refractivity (Wildman–Crippen MR) is 111 cm³/mol. The first-order valence-electron chi connectivity index (χ1n) is 9.41. The largest absolute Gasteiger partial charge is 0.492 e. The van der Waals surface area contributed by atoms with E-state index < -0.39 is 0 Å². The van der Waals surface area contributed by atoms with Crippen LogP contribution < -0.4 is 15.0 Å². The average Bonchev–Trinajstić information content (AvgIpc) is 2.69.